The lowest BCUT2D eigenvalue weighted by atomic mass is 10.2. The number of anilines is 1. The molecular weight excluding hydrogens is 446 g/mol. The lowest BCUT2D eigenvalue weighted by Gasteiger charge is -2.13. The van der Waals surface area contributed by atoms with Gasteiger partial charge in [-0.05, 0) is 41.1 Å². The summed E-state index contributed by atoms with van der Waals surface area (Å²) in [5.41, 5.74) is 0.647. The highest BCUT2D eigenvalue weighted by Gasteiger charge is 2.16. The van der Waals surface area contributed by atoms with Gasteiger partial charge in [-0.2, -0.15) is 0 Å². The molecule has 0 heterocycles. The Bertz CT molecular complexity index is 919. The van der Waals surface area contributed by atoms with Crippen molar-refractivity contribution < 1.29 is 24.0 Å². The third-order valence-electron chi connectivity index (χ3n) is 3.69. The maximum Gasteiger partial charge on any atom is 0.308 e. The average molecular weight is 464 g/mol. The number of nitrogens with zero attached hydrogens (tertiary/aromatic N) is 1. The molecule has 2 aromatic carbocycles. The molecule has 0 radical (unpaired) electrons. The summed E-state index contributed by atoms with van der Waals surface area (Å²) >= 11 is 3.13. The Morgan fingerprint density at radius 3 is 2.48 bits per heavy atom. The molecule has 1 atom stereocenters. The number of halogens is 1. The van der Waals surface area contributed by atoms with Crippen LogP contribution in [-0.4, -0.2) is 35.4 Å². The van der Waals surface area contributed by atoms with Crippen LogP contribution in [0.2, 0.25) is 0 Å². The first-order valence-corrected chi connectivity index (χ1v) is 9.31. The van der Waals surface area contributed by atoms with Crippen molar-refractivity contribution in [2.45, 2.75) is 19.4 Å². The highest BCUT2D eigenvalue weighted by Crippen LogP contribution is 2.27. The highest BCUT2D eigenvalue weighted by molar-refractivity contribution is 9.10. The molecule has 0 aliphatic heterocycles. The Hall–Kier alpha value is -3.27. The molecule has 9 nitrogen and oxygen atoms in total. The molecular formula is C19H18BrN3O6. The van der Waals surface area contributed by atoms with E-state index >= 15 is 0 Å². The molecule has 2 N–H and O–H groups in total. The van der Waals surface area contributed by atoms with E-state index in [1.54, 1.807) is 37.3 Å². The molecule has 0 aliphatic carbocycles. The van der Waals surface area contributed by atoms with Crippen molar-refractivity contribution in [1.82, 2.24) is 5.32 Å². The standard InChI is InChI=1S/C19H18BrN3O6/c1-12(21-19(26)13-5-3-2-4-6-13)9-18(25)29-11-17(24)22-16-8-7-14(23(27)28)10-15(16)20/h2-8,10,12H,9,11H2,1H3,(H,21,26)(H,22,24). The topological polar surface area (TPSA) is 128 Å². The van der Waals surface area contributed by atoms with Crippen LogP contribution in [0.25, 0.3) is 0 Å². The number of benzene rings is 2. The lowest BCUT2D eigenvalue weighted by molar-refractivity contribution is -0.384. The molecule has 0 bridgehead atoms. The van der Waals surface area contributed by atoms with Crippen molar-refractivity contribution in [3.05, 3.63) is 68.7 Å². The smallest absolute Gasteiger partial charge is 0.308 e. The Morgan fingerprint density at radius 1 is 1.17 bits per heavy atom. The third-order valence-corrected chi connectivity index (χ3v) is 4.34. The van der Waals surface area contributed by atoms with Gasteiger partial charge in [0, 0.05) is 28.2 Å². The predicted molar refractivity (Wildman–Crippen MR) is 108 cm³/mol. The second-order valence-corrected chi connectivity index (χ2v) is 6.93. The van der Waals surface area contributed by atoms with E-state index in [4.69, 9.17) is 4.74 Å². The Kier molecular flexibility index (Phi) is 7.84. The van der Waals surface area contributed by atoms with Crippen LogP contribution in [0.15, 0.2) is 53.0 Å². The highest BCUT2D eigenvalue weighted by atomic mass is 79.9. The van der Waals surface area contributed by atoms with E-state index in [-0.39, 0.29) is 18.0 Å². The quantitative estimate of drug-likeness (QED) is 0.351. The van der Waals surface area contributed by atoms with Crippen LogP contribution in [0, 0.1) is 10.1 Å². The van der Waals surface area contributed by atoms with Gasteiger partial charge < -0.3 is 15.4 Å². The van der Waals surface area contributed by atoms with Crippen LogP contribution < -0.4 is 10.6 Å². The first-order valence-electron chi connectivity index (χ1n) is 8.51. The molecule has 2 amide bonds. The molecule has 2 aromatic rings. The number of nitrogens with one attached hydrogen (secondary N) is 2. The number of carbonyl (C=O) groups is 3. The number of rotatable bonds is 8. The fourth-order valence-electron chi connectivity index (χ4n) is 2.31. The van der Waals surface area contributed by atoms with Gasteiger partial charge in [-0.1, -0.05) is 18.2 Å². The van der Waals surface area contributed by atoms with Crippen molar-refractivity contribution in [1.29, 1.82) is 0 Å². The number of hydrogen-bond donors (Lipinski definition) is 2. The zero-order chi connectivity index (χ0) is 21.4. The van der Waals surface area contributed by atoms with Crippen LogP contribution in [0.5, 0.6) is 0 Å². The molecule has 0 fully saturated rings. The second kappa shape index (κ2) is 10.3. The van der Waals surface area contributed by atoms with Gasteiger partial charge in [-0.3, -0.25) is 24.5 Å². The van der Waals surface area contributed by atoms with E-state index in [2.05, 4.69) is 26.6 Å². The second-order valence-electron chi connectivity index (χ2n) is 6.07. The van der Waals surface area contributed by atoms with Gasteiger partial charge in [0.2, 0.25) is 0 Å². The molecule has 2 rings (SSSR count). The third kappa shape index (κ3) is 7.00. The van der Waals surface area contributed by atoms with E-state index in [1.165, 1.54) is 18.2 Å². The summed E-state index contributed by atoms with van der Waals surface area (Å²) in [5, 5.41) is 15.9. The summed E-state index contributed by atoms with van der Waals surface area (Å²) in [7, 11) is 0. The number of ether oxygens (including phenoxy) is 1. The zero-order valence-electron chi connectivity index (χ0n) is 15.4. The SMILES string of the molecule is CC(CC(=O)OCC(=O)Nc1ccc([N+](=O)[O-])cc1Br)NC(=O)c1ccccc1. The van der Waals surface area contributed by atoms with Crippen LogP contribution in [0.3, 0.4) is 0 Å². The molecule has 1 unspecified atom stereocenters. The van der Waals surface area contributed by atoms with Gasteiger partial charge in [0.05, 0.1) is 17.0 Å². The normalized spacial score (nSPS) is 11.2. The molecule has 29 heavy (non-hydrogen) atoms. The van der Waals surface area contributed by atoms with E-state index in [1.807, 2.05) is 0 Å². The monoisotopic (exact) mass is 463 g/mol. The summed E-state index contributed by atoms with van der Waals surface area (Å²) in [6.07, 6.45) is -0.104. The molecule has 152 valence electrons. The van der Waals surface area contributed by atoms with Gasteiger partial charge in [0.25, 0.3) is 17.5 Å². The summed E-state index contributed by atoms with van der Waals surface area (Å²) in [5.74, 6) is -1.57. The fourth-order valence-corrected chi connectivity index (χ4v) is 2.77. The van der Waals surface area contributed by atoms with Crippen molar-refractivity contribution in [2.75, 3.05) is 11.9 Å². The number of nitro groups is 1. The first-order chi connectivity index (χ1) is 13.8. The first kappa shape index (κ1) is 22.0. The molecule has 0 aromatic heterocycles. The number of hydrogen-bond acceptors (Lipinski definition) is 6. The van der Waals surface area contributed by atoms with Crippen LogP contribution in [0.1, 0.15) is 23.7 Å². The van der Waals surface area contributed by atoms with Gasteiger partial charge in [-0.15, -0.1) is 0 Å². The molecule has 10 heteroatoms. The Morgan fingerprint density at radius 2 is 1.86 bits per heavy atom. The molecule has 0 aliphatic rings. The number of amides is 2. The lowest BCUT2D eigenvalue weighted by Crippen LogP contribution is -2.35. The van der Waals surface area contributed by atoms with Crippen molar-refractivity contribution in [3.8, 4) is 0 Å². The van der Waals surface area contributed by atoms with Gasteiger partial charge in [-0.25, -0.2) is 0 Å². The maximum absolute atomic E-state index is 12.0. The minimum Gasteiger partial charge on any atom is -0.455 e. The molecule has 0 saturated carbocycles. The number of esters is 1. The summed E-state index contributed by atoms with van der Waals surface area (Å²) in [4.78, 5) is 46.0. The minimum atomic E-state index is -0.649. The molecule has 0 spiro atoms. The van der Waals surface area contributed by atoms with Gasteiger partial charge in [0.1, 0.15) is 0 Å². The Balaban J connectivity index is 1.77. The van der Waals surface area contributed by atoms with Crippen molar-refractivity contribution >= 4 is 45.1 Å². The summed E-state index contributed by atoms with van der Waals surface area (Å²) in [6, 6.07) is 11.9. The van der Waals surface area contributed by atoms with E-state index in [9.17, 15) is 24.5 Å². The summed E-state index contributed by atoms with van der Waals surface area (Å²) < 4.78 is 5.23. The van der Waals surface area contributed by atoms with Gasteiger partial charge in [0.15, 0.2) is 6.61 Å². The minimum absolute atomic E-state index is 0.104. The molecule has 0 saturated heterocycles. The Labute approximate surface area is 174 Å². The number of carbonyl (C=O) groups excluding carboxylic acids is 3. The predicted octanol–water partition coefficient (Wildman–Crippen LogP) is 3.05. The van der Waals surface area contributed by atoms with Crippen LogP contribution in [0.4, 0.5) is 11.4 Å². The number of nitro benzene ring substituents is 1. The van der Waals surface area contributed by atoms with Crippen LogP contribution >= 0.6 is 15.9 Å². The maximum atomic E-state index is 12.0. The zero-order valence-corrected chi connectivity index (χ0v) is 17.0. The van der Waals surface area contributed by atoms with Crippen LogP contribution in [-0.2, 0) is 14.3 Å². The fraction of sp³-hybridized carbons (Fsp3) is 0.211. The van der Waals surface area contributed by atoms with Crippen molar-refractivity contribution in [2.24, 2.45) is 0 Å². The summed E-state index contributed by atoms with van der Waals surface area (Å²) in [6.45, 7) is 1.12. The number of non-ortho nitro benzene ring substituents is 1. The average Bonchev–Trinajstić information content (AvgIpc) is 2.68. The van der Waals surface area contributed by atoms with Gasteiger partial charge >= 0.3 is 5.97 Å². The van der Waals surface area contributed by atoms with Crippen molar-refractivity contribution in [3.63, 3.8) is 0 Å². The van der Waals surface area contributed by atoms with E-state index in [0.717, 1.165) is 0 Å². The van der Waals surface area contributed by atoms with E-state index < -0.39 is 29.4 Å². The van der Waals surface area contributed by atoms with E-state index in [0.29, 0.717) is 15.7 Å². The largest absolute Gasteiger partial charge is 0.455 e.